The minimum atomic E-state index is -5.68. The Labute approximate surface area is 109 Å². The number of halogens is 6. The van der Waals surface area contributed by atoms with Crippen molar-refractivity contribution in [3.05, 3.63) is 12.2 Å². The van der Waals surface area contributed by atoms with E-state index in [0.29, 0.717) is 0 Å². The monoisotopic (exact) mass is 303 g/mol. The van der Waals surface area contributed by atoms with Crippen LogP contribution in [0.3, 0.4) is 0 Å². The van der Waals surface area contributed by atoms with Crippen molar-refractivity contribution in [3.63, 3.8) is 0 Å². The Morgan fingerprint density at radius 2 is 1.70 bits per heavy atom. The maximum atomic E-state index is 12.4. The molecule has 0 amide bonds. The smallest absolute Gasteiger partial charge is 0.298 e. The molecule has 1 rings (SSSR count). The summed E-state index contributed by atoms with van der Waals surface area (Å²) < 4.78 is 75.3. The fourth-order valence-corrected chi connectivity index (χ4v) is 1.64. The highest BCUT2D eigenvalue weighted by Gasteiger charge is 2.60. The summed E-state index contributed by atoms with van der Waals surface area (Å²) in [5.41, 5.74) is 0. The standard InChI is InChI=1S/C10H11F6N3O/c1-5(2)19-7(17-4-18-19)3-6(20)8(9(11,12)13)10(14,15)16/h4-5,8H,3H2,1-2H3. The van der Waals surface area contributed by atoms with E-state index in [2.05, 4.69) is 10.1 Å². The molecule has 0 atom stereocenters. The summed E-state index contributed by atoms with van der Waals surface area (Å²) in [6.07, 6.45) is -11.5. The van der Waals surface area contributed by atoms with Crippen LogP contribution in [0, 0.1) is 5.92 Å². The second-order valence-corrected chi connectivity index (χ2v) is 4.37. The molecule has 0 aliphatic heterocycles. The number of aromatic nitrogens is 3. The van der Waals surface area contributed by atoms with Crippen molar-refractivity contribution in [2.75, 3.05) is 0 Å². The van der Waals surface area contributed by atoms with Gasteiger partial charge in [-0.2, -0.15) is 31.4 Å². The summed E-state index contributed by atoms with van der Waals surface area (Å²) in [7, 11) is 0. The molecule has 0 radical (unpaired) electrons. The van der Waals surface area contributed by atoms with E-state index in [1.165, 1.54) is 0 Å². The minimum absolute atomic E-state index is 0.233. The maximum Gasteiger partial charge on any atom is 0.407 e. The SMILES string of the molecule is CC(C)n1ncnc1CC(=O)C(C(F)(F)F)C(F)(F)F. The maximum absolute atomic E-state index is 12.4. The van der Waals surface area contributed by atoms with Crippen LogP contribution in [0.5, 0.6) is 0 Å². The van der Waals surface area contributed by atoms with Crippen molar-refractivity contribution in [2.45, 2.75) is 38.7 Å². The van der Waals surface area contributed by atoms with Gasteiger partial charge in [0.25, 0.3) is 0 Å². The number of carbonyl (C=O) groups is 1. The number of hydrogen-bond acceptors (Lipinski definition) is 3. The normalized spacial score (nSPS) is 13.3. The van der Waals surface area contributed by atoms with E-state index in [1.807, 2.05) is 0 Å². The summed E-state index contributed by atoms with van der Waals surface area (Å²) in [5, 5.41) is 3.64. The van der Waals surface area contributed by atoms with Gasteiger partial charge in [0, 0.05) is 6.04 Å². The molecule has 1 aromatic heterocycles. The number of nitrogens with zero attached hydrogens (tertiary/aromatic N) is 3. The fraction of sp³-hybridized carbons (Fsp3) is 0.700. The molecule has 1 heterocycles. The van der Waals surface area contributed by atoms with Crippen molar-refractivity contribution < 1.29 is 31.1 Å². The first-order chi connectivity index (χ1) is 8.94. The lowest BCUT2D eigenvalue weighted by atomic mass is 10.00. The minimum Gasteiger partial charge on any atom is -0.298 e. The predicted octanol–water partition coefficient (Wildman–Crippen LogP) is 2.71. The number of hydrogen-bond donors (Lipinski definition) is 0. The lowest BCUT2D eigenvalue weighted by Crippen LogP contribution is -2.43. The first kappa shape index (κ1) is 16.4. The summed E-state index contributed by atoms with van der Waals surface area (Å²) in [6, 6.07) is -0.337. The molecule has 0 saturated carbocycles. The van der Waals surface area contributed by atoms with Gasteiger partial charge in [0.2, 0.25) is 5.92 Å². The Bertz CT molecular complexity index is 462. The van der Waals surface area contributed by atoms with Crippen LogP contribution in [0.15, 0.2) is 6.33 Å². The van der Waals surface area contributed by atoms with E-state index in [4.69, 9.17) is 0 Å². The largest absolute Gasteiger partial charge is 0.407 e. The van der Waals surface area contributed by atoms with Crippen LogP contribution in [0.25, 0.3) is 0 Å². The van der Waals surface area contributed by atoms with Gasteiger partial charge in [0.1, 0.15) is 12.2 Å². The lowest BCUT2D eigenvalue weighted by molar-refractivity contribution is -0.273. The molecule has 1 aromatic rings. The summed E-state index contributed by atoms with van der Waals surface area (Å²) in [4.78, 5) is 14.9. The van der Waals surface area contributed by atoms with Crippen LogP contribution in [0.4, 0.5) is 26.3 Å². The third-order valence-electron chi connectivity index (χ3n) is 2.45. The fourth-order valence-electron chi connectivity index (χ4n) is 1.64. The van der Waals surface area contributed by atoms with Crippen LogP contribution < -0.4 is 0 Å². The number of Topliss-reactive ketones (excluding diaryl/α,β-unsaturated/α-hetero) is 1. The van der Waals surface area contributed by atoms with Gasteiger partial charge in [-0.05, 0) is 13.8 Å². The highest BCUT2D eigenvalue weighted by molar-refractivity contribution is 5.84. The molecule has 0 aromatic carbocycles. The number of ketones is 1. The van der Waals surface area contributed by atoms with E-state index in [9.17, 15) is 31.1 Å². The highest BCUT2D eigenvalue weighted by Crippen LogP contribution is 2.40. The third kappa shape index (κ3) is 3.70. The second kappa shape index (κ2) is 5.41. The van der Waals surface area contributed by atoms with Crippen molar-refractivity contribution in [2.24, 2.45) is 5.92 Å². The molecule has 0 unspecified atom stereocenters. The topological polar surface area (TPSA) is 47.8 Å². The highest BCUT2D eigenvalue weighted by atomic mass is 19.4. The molecular weight excluding hydrogens is 292 g/mol. The average molecular weight is 303 g/mol. The van der Waals surface area contributed by atoms with Crippen LogP contribution in [-0.4, -0.2) is 32.9 Å². The van der Waals surface area contributed by atoms with Gasteiger partial charge in [0.05, 0.1) is 6.42 Å². The van der Waals surface area contributed by atoms with Crippen molar-refractivity contribution >= 4 is 5.78 Å². The molecule has 0 fully saturated rings. The zero-order valence-electron chi connectivity index (χ0n) is 10.5. The zero-order valence-corrected chi connectivity index (χ0v) is 10.5. The van der Waals surface area contributed by atoms with Crippen molar-refractivity contribution in [3.8, 4) is 0 Å². The Kier molecular flexibility index (Phi) is 4.45. The van der Waals surface area contributed by atoms with Gasteiger partial charge in [-0.1, -0.05) is 0 Å². The Balaban J connectivity index is 3.01. The first-order valence-corrected chi connectivity index (χ1v) is 5.49. The molecule has 10 heteroatoms. The van der Waals surface area contributed by atoms with Crippen molar-refractivity contribution in [1.82, 2.24) is 14.8 Å². The van der Waals surface area contributed by atoms with Crippen LogP contribution in [0.1, 0.15) is 25.7 Å². The molecule has 4 nitrogen and oxygen atoms in total. The van der Waals surface area contributed by atoms with Crippen LogP contribution in [0.2, 0.25) is 0 Å². The van der Waals surface area contributed by atoms with E-state index in [1.54, 1.807) is 13.8 Å². The molecule has 0 N–H and O–H groups in total. The number of rotatable bonds is 4. The van der Waals surface area contributed by atoms with E-state index >= 15 is 0 Å². The zero-order chi connectivity index (χ0) is 15.7. The molecule has 0 aliphatic rings. The summed E-state index contributed by atoms with van der Waals surface area (Å²) in [5.74, 6) is -6.24. The van der Waals surface area contributed by atoms with Gasteiger partial charge in [0.15, 0.2) is 5.78 Å². The molecule has 0 saturated heterocycles. The van der Waals surface area contributed by atoms with Crippen LogP contribution >= 0.6 is 0 Å². The summed E-state index contributed by atoms with van der Waals surface area (Å²) >= 11 is 0. The Hall–Kier alpha value is -1.61. The van der Waals surface area contributed by atoms with Gasteiger partial charge in [-0.15, -0.1) is 0 Å². The molecule has 114 valence electrons. The molecule has 0 bridgehead atoms. The average Bonchev–Trinajstić information content (AvgIpc) is 2.60. The predicted molar refractivity (Wildman–Crippen MR) is 54.7 cm³/mol. The lowest BCUT2D eigenvalue weighted by Gasteiger charge is -2.21. The van der Waals surface area contributed by atoms with Crippen molar-refractivity contribution in [1.29, 1.82) is 0 Å². The van der Waals surface area contributed by atoms with E-state index < -0.39 is 30.5 Å². The second-order valence-electron chi connectivity index (χ2n) is 4.37. The molecule has 0 spiro atoms. The van der Waals surface area contributed by atoms with Gasteiger partial charge in [-0.3, -0.25) is 4.79 Å². The van der Waals surface area contributed by atoms with Crippen LogP contribution in [-0.2, 0) is 11.2 Å². The number of carbonyl (C=O) groups excluding carboxylic acids is 1. The molecule has 20 heavy (non-hydrogen) atoms. The molecule has 0 aliphatic carbocycles. The van der Waals surface area contributed by atoms with Gasteiger partial charge >= 0.3 is 12.4 Å². The third-order valence-corrected chi connectivity index (χ3v) is 2.45. The van der Waals surface area contributed by atoms with E-state index in [-0.39, 0.29) is 11.9 Å². The quantitative estimate of drug-likeness (QED) is 0.804. The number of alkyl halides is 6. The van der Waals surface area contributed by atoms with Gasteiger partial charge < -0.3 is 0 Å². The molecular formula is C10H11F6N3O. The Morgan fingerprint density at radius 1 is 1.20 bits per heavy atom. The van der Waals surface area contributed by atoms with E-state index in [0.717, 1.165) is 11.0 Å². The Morgan fingerprint density at radius 3 is 2.10 bits per heavy atom. The van der Waals surface area contributed by atoms with Gasteiger partial charge in [-0.25, -0.2) is 9.67 Å². The summed E-state index contributed by atoms with van der Waals surface area (Å²) in [6.45, 7) is 3.21. The first-order valence-electron chi connectivity index (χ1n) is 5.49.